The lowest BCUT2D eigenvalue weighted by Gasteiger charge is -2.40. The summed E-state index contributed by atoms with van der Waals surface area (Å²) in [6, 6.07) is -1.10. The molecular weight excluding hydrogens is 763 g/mol. The topological polar surface area (TPSA) is 187 Å². The quantitative estimate of drug-likeness (QED) is 0.0315. The van der Waals surface area contributed by atoms with Crippen LogP contribution in [0.4, 0.5) is 0 Å². The SMILES string of the molecule is CCCCCCCCCCCCCCCCCCCCCCCC(=O)N[C@@H](CO[C@H]1O[C@H](CO)[C@H](O)[C@H](O)[C@H]1O)[C@H](O)[C@H](O)c1cnn(CCCCCCCCCCC)c1. The molecule has 0 bridgehead atoms. The number of carbonyl (C=O) groups excluding carboxylic acids is 1. The van der Waals surface area contributed by atoms with Gasteiger partial charge in [-0.05, 0) is 12.8 Å². The Kier molecular flexibility index (Phi) is 32.5. The lowest BCUT2D eigenvalue weighted by Crippen LogP contribution is -2.60. The third-order valence-corrected chi connectivity index (χ3v) is 12.4. The van der Waals surface area contributed by atoms with Crippen LogP contribution in [-0.2, 0) is 20.8 Å². The second-order valence-electron chi connectivity index (χ2n) is 17.8. The van der Waals surface area contributed by atoms with Crippen LogP contribution in [0, 0.1) is 0 Å². The summed E-state index contributed by atoms with van der Waals surface area (Å²) in [5.41, 5.74) is 0.398. The molecule has 8 atom stereocenters. The van der Waals surface area contributed by atoms with Gasteiger partial charge in [0, 0.05) is 24.7 Å². The molecule has 0 saturated carbocycles. The monoisotopic (exact) mass is 854 g/mol. The maximum atomic E-state index is 13.1. The Morgan fingerprint density at radius 3 is 1.55 bits per heavy atom. The largest absolute Gasteiger partial charge is 0.394 e. The molecule has 1 saturated heterocycles. The third kappa shape index (κ3) is 24.3. The molecule has 60 heavy (non-hydrogen) atoms. The Labute approximate surface area is 364 Å². The van der Waals surface area contributed by atoms with Crippen LogP contribution in [0.25, 0.3) is 0 Å². The number of aromatic nitrogens is 2. The lowest BCUT2D eigenvalue weighted by atomic mass is 9.99. The van der Waals surface area contributed by atoms with E-state index in [1.54, 1.807) is 10.9 Å². The predicted octanol–water partition coefficient (Wildman–Crippen LogP) is 8.71. The number of aliphatic hydroxyl groups excluding tert-OH is 6. The van der Waals surface area contributed by atoms with Gasteiger partial charge in [0.25, 0.3) is 0 Å². The predicted molar refractivity (Wildman–Crippen MR) is 239 cm³/mol. The minimum atomic E-state index is -1.64. The maximum Gasteiger partial charge on any atom is 0.220 e. The van der Waals surface area contributed by atoms with Crippen LogP contribution in [0.1, 0.15) is 225 Å². The van der Waals surface area contributed by atoms with Gasteiger partial charge >= 0.3 is 0 Å². The second kappa shape index (κ2) is 35.8. The Bertz CT molecular complexity index is 1140. The maximum absolute atomic E-state index is 13.1. The van der Waals surface area contributed by atoms with E-state index in [9.17, 15) is 35.4 Å². The first kappa shape index (κ1) is 54.5. The molecule has 7 N–H and O–H groups in total. The number of aliphatic hydroxyl groups is 6. The molecule has 1 fully saturated rings. The zero-order valence-corrected chi connectivity index (χ0v) is 38.1. The number of rotatable bonds is 40. The lowest BCUT2D eigenvalue weighted by molar-refractivity contribution is -0.303. The summed E-state index contributed by atoms with van der Waals surface area (Å²) in [5, 5.41) is 70.2. The van der Waals surface area contributed by atoms with Gasteiger partial charge in [0.05, 0.1) is 25.5 Å². The van der Waals surface area contributed by atoms with Crippen LogP contribution in [0.15, 0.2) is 12.4 Å². The fraction of sp³-hybridized carbons (Fsp3) is 0.917. The van der Waals surface area contributed by atoms with Gasteiger partial charge in [-0.2, -0.15) is 5.10 Å². The summed E-state index contributed by atoms with van der Waals surface area (Å²) in [6.45, 7) is 4.20. The molecule has 0 aromatic carbocycles. The third-order valence-electron chi connectivity index (χ3n) is 12.4. The van der Waals surface area contributed by atoms with Gasteiger partial charge in [0.2, 0.25) is 5.91 Å². The van der Waals surface area contributed by atoms with E-state index in [0.717, 1.165) is 32.1 Å². The number of hydrogen-bond acceptors (Lipinski definition) is 10. The fourth-order valence-electron chi connectivity index (χ4n) is 8.28. The molecule has 2 rings (SSSR count). The standard InChI is InChI=1S/C48H91N3O9/c1-3-5-7-9-11-13-14-15-16-17-18-19-20-21-22-23-24-25-27-29-31-33-42(53)50-40(38-59-48-47(58)46(57)45(56)41(37-52)60-48)44(55)43(54)39-35-49-51(36-39)34-32-30-28-26-12-10-8-6-4-2/h35-36,40-41,43-48,52,54-58H,3-34,37-38H2,1-2H3,(H,50,53)/t40-,41+,43+,44-,45-,46-,47+,48-/m0/s1. The van der Waals surface area contributed by atoms with E-state index in [-0.39, 0.29) is 18.9 Å². The van der Waals surface area contributed by atoms with Crippen molar-refractivity contribution in [3.05, 3.63) is 18.0 Å². The molecule has 2 heterocycles. The summed E-state index contributed by atoms with van der Waals surface area (Å²) in [4.78, 5) is 13.1. The highest BCUT2D eigenvalue weighted by Crippen LogP contribution is 2.25. The van der Waals surface area contributed by atoms with Crippen molar-refractivity contribution in [2.75, 3.05) is 13.2 Å². The molecule has 1 amide bonds. The number of unbranched alkanes of at least 4 members (excludes halogenated alkanes) is 28. The molecular formula is C48H91N3O9. The summed E-state index contributed by atoms with van der Waals surface area (Å²) >= 11 is 0. The summed E-state index contributed by atoms with van der Waals surface area (Å²) in [6.07, 6.45) is 31.0. The number of amides is 1. The van der Waals surface area contributed by atoms with Gasteiger partial charge in [0.1, 0.15) is 36.6 Å². The summed E-state index contributed by atoms with van der Waals surface area (Å²) in [7, 11) is 0. The molecule has 0 aliphatic carbocycles. The van der Waals surface area contributed by atoms with Crippen LogP contribution < -0.4 is 5.32 Å². The molecule has 1 aromatic heterocycles. The van der Waals surface area contributed by atoms with Crippen molar-refractivity contribution in [2.45, 2.75) is 268 Å². The van der Waals surface area contributed by atoms with Crippen molar-refractivity contribution in [3.63, 3.8) is 0 Å². The molecule has 352 valence electrons. The van der Waals surface area contributed by atoms with E-state index >= 15 is 0 Å². The van der Waals surface area contributed by atoms with Crippen molar-refractivity contribution in [1.29, 1.82) is 0 Å². The Hall–Kier alpha value is -1.64. The smallest absolute Gasteiger partial charge is 0.220 e. The first-order valence-corrected chi connectivity index (χ1v) is 24.8. The van der Waals surface area contributed by atoms with Crippen LogP contribution in [-0.4, -0.2) is 102 Å². The number of nitrogens with zero attached hydrogens (tertiary/aromatic N) is 2. The Balaban J connectivity index is 1.70. The second-order valence-corrected chi connectivity index (χ2v) is 17.8. The van der Waals surface area contributed by atoms with Crippen LogP contribution in [0.5, 0.6) is 0 Å². The van der Waals surface area contributed by atoms with E-state index in [0.29, 0.717) is 18.5 Å². The normalized spacial score (nSPS) is 21.0. The molecule has 12 nitrogen and oxygen atoms in total. The first-order chi connectivity index (χ1) is 29.2. The number of hydrogen-bond donors (Lipinski definition) is 7. The molecule has 0 radical (unpaired) electrons. The van der Waals surface area contributed by atoms with E-state index in [1.165, 1.54) is 160 Å². The van der Waals surface area contributed by atoms with Crippen molar-refractivity contribution in [1.82, 2.24) is 15.1 Å². The van der Waals surface area contributed by atoms with E-state index < -0.39 is 55.6 Å². The number of ether oxygens (including phenoxy) is 2. The van der Waals surface area contributed by atoms with Gasteiger partial charge < -0.3 is 45.4 Å². The van der Waals surface area contributed by atoms with Crippen molar-refractivity contribution >= 4 is 5.91 Å². The molecule has 1 aliphatic rings. The van der Waals surface area contributed by atoms with Crippen LogP contribution in [0.2, 0.25) is 0 Å². The average Bonchev–Trinajstić information content (AvgIpc) is 3.73. The first-order valence-electron chi connectivity index (χ1n) is 24.8. The van der Waals surface area contributed by atoms with Gasteiger partial charge in [0.15, 0.2) is 6.29 Å². The average molecular weight is 854 g/mol. The van der Waals surface area contributed by atoms with Gasteiger partial charge in [-0.1, -0.05) is 194 Å². The van der Waals surface area contributed by atoms with Gasteiger partial charge in [-0.15, -0.1) is 0 Å². The molecule has 0 spiro atoms. The van der Waals surface area contributed by atoms with E-state index in [2.05, 4.69) is 24.3 Å². The highest BCUT2D eigenvalue weighted by molar-refractivity contribution is 5.76. The molecule has 0 unspecified atom stereocenters. The van der Waals surface area contributed by atoms with Gasteiger partial charge in [-0.3, -0.25) is 9.48 Å². The van der Waals surface area contributed by atoms with Crippen molar-refractivity contribution in [2.24, 2.45) is 0 Å². The Morgan fingerprint density at radius 1 is 0.667 bits per heavy atom. The molecule has 12 heteroatoms. The highest BCUT2D eigenvalue weighted by Gasteiger charge is 2.44. The molecule has 1 aliphatic heterocycles. The number of nitrogens with one attached hydrogen (secondary N) is 1. The summed E-state index contributed by atoms with van der Waals surface area (Å²) < 4.78 is 13.0. The Morgan fingerprint density at radius 2 is 1.10 bits per heavy atom. The van der Waals surface area contributed by atoms with Crippen LogP contribution in [0.3, 0.4) is 0 Å². The van der Waals surface area contributed by atoms with E-state index in [1.807, 2.05) is 0 Å². The molecule has 1 aromatic rings. The number of aryl methyl sites for hydroxylation is 1. The highest BCUT2D eigenvalue weighted by atomic mass is 16.7. The zero-order chi connectivity index (χ0) is 43.6. The minimum absolute atomic E-state index is 0.245. The zero-order valence-electron chi connectivity index (χ0n) is 38.1. The minimum Gasteiger partial charge on any atom is -0.394 e. The van der Waals surface area contributed by atoms with E-state index in [4.69, 9.17) is 9.47 Å². The number of carbonyl (C=O) groups is 1. The van der Waals surface area contributed by atoms with Crippen LogP contribution >= 0.6 is 0 Å². The fourth-order valence-corrected chi connectivity index (χ4v) is 8.28. The van der Waals surface area contributed by atoms with Crippen molar-refractivity contribution < 1.29 is 44.9 Å². The summed E-state index contributed by atoms with van der Waals surface area (Å²) in [5.74, 6) is -0.303. The van der Waals surface area contributed by atoms with Gasteiger partial charge in [-0.25, -0.2) is 0 Å². The van der Waals surface area contributed by atoms with Crippen molar-refractivity contribution in [3.8, 4) is 0 Å².